The molecule has 0 aromatic heterocycles. The summed E-state index contributed by atoms with van der Waals surface area (Å²) >= 11 is 1.58. The van der Waals surface area contributed by atoms with Gasteiger partial charge in [-0.3, -0.25) is 9.52 Å². The fourth-order valence-electron chi connectivity index (χ4n) is 1.32. The molecule has 0 aliphatic carbocycles. The highest BCUT2D eigenvalue weighted by molar-refractivity contribution is 7.96. The van der Waals surface area contributed by atoms with Crippen LogP contribution in [0.2, 0.25) is 0 Å². The van der Waals surface area contributed by atoms with Gasteiger partial charge in [0.05, 0.1) is 0 Å². The molecular weight excluding hydrogens is 206 g/mol. The van der Waals surface area contributed by atoms with Crippen molar-refractivity contribution in [1.82, 2.24) is 4.72 Å². The Morgan fingerprint density at radius 1 is 1.47 bits per heavy atom. The van der Waals surface area contributed by atoms with Gasteiger partial charge in [0, 0.05) is 18.0 Å². The van der Waals surface area contributed by atoms with Crippen LogP contribution in [-0.4, -0.2) is 12.0 Å². The lowest BCUT2D eigenvalue weighted by atomic mass is 9.99. The number of carbonyl (C=O) groups excluding carboxylic acids is 1. The number of rotatable bonds is 5. The van der Waals surface area contributed by atoms with Crippen LogP contribution in [0.15, 0.2) is 24.3 Å². The Morgan fingerprint density at radius 3 is 2.80 bits per heavy atom. The minimum atomic E-state index is 0.0637. The zero-order chi connectivity index (χ0) is 11.3. The molecule has 0 spiro atoms. The molecule has 1 N–H and O–H groups in total. The van der Waals surface area contributed by atoms with E-state index in [1.165, 1.54) is 0 Å². The van der Waals surface area contributed by atoms with Crippen LogP contribution in [0.1, 0.15) is 29.8 Å². The molecule has 0 heterocycles. The molecule has 0 saturated heterocycles. The van der Waals surface area contributed by atoms with E-state index in [1.54, 1.807) is 11.9 Å². The van der Waals surface area contributed by atoms with Crippen molar-refractivity contribution in [1.29, 1.82) is 0 Å². The number of hydrogen-bond acceptors (Lipinski definition) is 3. The average Bonchev–Trinajstić information content (AvgIpc) is 2.25. The lowest BCUT2D eigenvalue weighted by molar-refractivity contribution is 0.0939. The van der Waals surface area contributed by atoms with Crippen molar-refractivity contribution < 1.29 is 4.79 Å². The minimum Gasteiger partial charge on any atom is -0.294 e. The second-order valence-corrected chi connectivity index (χ2v) is 4.44. The van der Waals surface area contributed by atoms with Crippen molar-refractivity contribution in [2.75, 3.05) is 6.26 Å². The van der Waals surface area contributed by atoms with E-state index in [0.717, 1.165) is 17.7 Å². The van der Waals surface area contributed by atoms with Gasteiger partial charge in [-0.1, -0.05) is 44.0 Å². The molecule has 2 nitrogen and oxygen atoms in total. The van der Waals surface area contributed by atoms with Gasteiger partial charge in [0.25, 0.3) is 0 Å². The molecule has 15 heavy (non-hydrogen) atoms. The van der Waals surface area contributed by atoms with Gasteiger partial charge in [0.1, 0.15) is 0 Å². The van der Waals surface area contributed by atoms with Gasteiger partial charge >= 0.3 is 0 Å². The largest absolute Gasteiger partial charge is 0.294 e. The van der Waals surface area contributed by atoms with Crippen LogP contribution in [0.3, 0.4) is 0 Å². The van der Waals surface area contributed by atoms with E-state index in [4.69, 9.17) is 0 Å². The summed E-state index contributed by atoms with van der Waals surface area (Å²) in [6.45, 7) is 4.64. The van der Waals surface area contributed by atoms with E-state index in [9.17, 15) is 4.79 Å². The monoisotopic (exact) mass is 223 g/mol. The van der Waals surface area contributed by atoms with Crippen molar-refractivity contribution in [3.63, 3.8) is 0 Å². The van der Waals surface area contributed by atoms with Gasteiger partial charge in [-0.2, -0.15) is 0 Å². The van der Waals surface area contributed by atoms with E-state index < -0.39 is 0 Å². The number of hydrogen-bond donors (Lipinski definition) is 1. The van der Waals surface area contributed by atoms with Crippen LogP contribution in [0.5, 0.6) is 0 Å². The van der Waals surface area contributed by atoms with Gasteiger partial charge in [-0.15, -0.1) is 0 Å². The Bertz CT molecular complexity index is 336. The molecule has 0 atom stereocenters. The average molecular weight is 223 g/mol. The highest BCUT2D eigenvalue weighted by Crippen LogP contribution is 2.11. The van der Waals surface area contributed by atoms with Crippen LogP contribution >= 0.6 is 11.9 Å². The SMILES string of the molecule is CSNCc1cccc(C(=O)C(C)C)c1. The van der Waals surface area contributed by atoms with Gasteiger partial charge < -0.3 is 0 Å². The standard InChI is InChI=1S/C12H17NOS/c1-9(2)12(14)11-6-4-5-10(7-11)8-13-15-3/h4-7,9,13H,8H2,1-3H3. The summed E-state index contributed by atoms with van der Waals surface area (Å²) in [6, 6.07) is 7.81. The number of nitrogens with one attached hydrogen (secondary N) is 1. The third-order valence-electron chi connectivity index (χ3n) is 2.16. The Morgan fingerprint density at radius 2 is 2.20 bits per heavy atom. The summed E-state index contributed by atoms with van der Waals surface area (Å²) in [5, 5.41) is 0. The lowest BCUT2D eigenvalue weighted by Gasteiger charge is -2.06. The molecule has 1 aromatic carbocycles. The Balaban J connectivity index is 2.78. The molecule has 0 radical (unpaired) electrons. The summed E-state index contributed by atoms with van der Waals surface area (Å²) in [7, 11) is 0. The van der Waals surface area contributed by atoms with E-state index in [1.807, 2.05) is 44.4 Å². The van der Waals surface area contributed by atoms with Crippen LogP contribution in [0.25, 0.3) is 0 Å². The molecule has 0 aliphatic rings. The van der Waals surface area contributed by atoms with Gasteiger partial charge in [-0.25, -0.2) is 0 Å². The first-order chi connectivity index (χ1) is 7.15. The van der Waals surface area contributed by atoms with Crippen molar-refractivity contribution in [3.05, 3.63) is 35.4 Å². The fourth-order valence-corrected chi connectivity index (χ4v) is 1.63. The van der Waals surface area contributed by atoms with Gasteiger partial charge in [0.15, 0.2) is 5.78 Å². The third-order valence-corrected chi connectivity index (χ3v) is 2.59. The van der Waals surface area contributed by atoms with Crippen molar-refractivity contribution in [2.45, 2.75) is 20.4 Å². The summed E-state index contributed by atoms with van der Waals surface area (Å²) in [5.41, 5.74) is 1.96. The summed E-state index contributed by atoms with van der Waals surface area (Å²) in [5.74, 6) is 0.273. The number of ketones is 1. The third kappa shape index (κ3) is 3.68. The maximum Gasteiger partial charge on any atom is 0.165 e. The molecule has 1 rings (SSSR count). The van der Waals surface area contributed by atoms with Crippen molar-refractivity contribution >= 4 is 17.7 Å². The first-order valence-electron chi connectivity index (χ1n) is 5.04. The molecule has 0 aliphatic heterocycles. The summed E-state index contributed by atoms with van der Waals surface area (Å²) in [4.78, 5) is 11.7. The second kappa shape index (κ2) is 5.93. The highest BCUT2D eigenvalue weighted by atomic mass is 32.2. The molecule has 82 valence electrons. The van der Waals surface area contributed by atoms with E-state index in [-0.39, 0.29) is 11.7 Å². The molecule has 0 saturated carbocycles. The molecule has 0 bridgehead atoms. The molecule has 0 amide bonds. The van der Waals surface area contributed by atoms with Crippen molar-refractivity contribution in [2.24, 2.45) is 5.92 Å². The Labute approximate surface area is 95.6 Å². The predicted molar refractivity (Wildman–Crippen MR) is 66.0 cm³/mol. The first-order valence-corrected chi connectivity index (χ1v) is 6.26. The summed E-state index contributed by atoms with van der Waals surface area (Å²) < 4.78 is 3.17. The maximum atomic E-state index is 11.7. The van der Waals surface area contributed by atoms with Crippen molar-refractivity contribution in [3.8, 4) is 0 Å². The predicted octanol–water partition coefficient (Wildman–Crippen LogP) is 2.89. The minimum absolute atomic E-state index is 0.0637. The quantitative estimate of drug-likeness (QED) is 0.614. The van der Waals surface area contributed by atoms with E-state index >= 15 is 0 Å². The zero-order valence-electron chi connectivity index (χ0n) is 9.41. The normalized spacial score (nSPS) is 10.7. The van der Waals surface area contributed by atoms with Crippen LogP contribution in [0.4, 0.5) is 0 Å². The van der Waals surface area contributed by atoms with Gasteiger partial charge in [-0.05, 0) is 17.9 Å². The molecule has 0 unspecified atom stereocenters. The fraction of sp³-hybridized carbons (Fsp3) is 0.417. The van der Waals surface area contributed by atoms with Crippen LogP contribution in [-0.2, 0) is 6.54 Å². The zero-order valence-corrected chi connectivity index (χ0v) is 10.2. The number of benzene rings is 1. The molecule has 1 aromatic rings. The smallest absolute Gasteiger partial charge is 0.165 e. The van der Waals surface area contributed by atoms with E-state index in [0.29, 0.717) is 0 Å². The second-order valence-electron chi connectivity index (χ2n) is 3.74. The maximum absolute atomic E-state index is 11.7. The molecule has 0 fully saturated rings. The van der Waals surface area contributed by atoms with Crippen LogP contribution < -0.4 is 4.72 Å². The number of Topliss-reactive ketones (excluding diaryl/α,β-unsaturated/α-hetero) is 1. The lowest BCUT2D eigenvalue weighted by Crippen LogP contribution is -2.09. The highest BCUT2D eigenvalue weighted by Gasteiger charge is 2.10. The number of carbonyl (C=O) groups is 1. The topological polar surface area (TPSA) is 29.1 Å². The Hall–Kier alpha value is -0.800. The van der Waals surface area contributed by atoms with E-state index in [2.05, 4.69) is 4.72 Å². The molecule has 3 heteroatoms. The van der Waals surface area contributed by atoms with Crippen LogP contribution in [0, 0.1) is 5.92 Å². The molecular formula is C12H17NOS. The van der Waals surface area contributed by atoms with Gasteiger partial charge in [0.2, 0.25) is 0 Å². The summed E-state index contributed by atoms with van der Waals surface area (Å²) in [6.07, 6.45) is 1.99. The Kier molecular flexibility index (Phi) is 4.85. The first kappa shape index (κ1) is 12.3.